The third-order valence-corrected chi connectivity index (χ3v) is 5.27. The van der Waals surface area contributed by atoms with E-state index in [1.165, 1.54) is 0 Å². The van der Waals surface area contributed by atoms with Gasteiger partial charge in [-0.15, -0.1) is 0 Å². The molecule has 0 radical (unpaired) electrons. The average molecular weight is 344 g/mol. The molecule has 0 amide bonds. The fourth-order valence-electron chi connectivity index (χ4n) is 1.16. The number of nitrogens with two attached hydrogens (primary N) is 1. The van der Waals surface area contributed by atoms with E-state index in [1.807, 2.05) is 0 Å². The van der Waals surface area contributed by atoms with Crippen molar-refractivity contribution in [3.8, 4) is 0 Å². The molecule has 0 saturated carbocycles. The summed E-state index contributed by atoms with van der Waals surface area (Å²) in [5, 5.41) is 3.93. The molecule has 4 nitrogen and oxygen atoms in total. The Kier molecular flexibility index (Phi) is 3.34. The smallest absolute Gasteiger partial charge is 0.280 e. The molecule has 2 atom stereocenters. The third kappa shape index (κ3) is 2.94. The predicted molar refractivity (Wildman–Crippen MR) is 52.3 cm³/mol. The second-order valence-corrected chi connectivity index (χ2v) is 6.10. The largest absolute Gasteiger partial charge is 0.401 e. The maximum Gasteiger partial charge on any atom is 0.401 e. The van der Waals surface area contributed by atoms with E-state index in [0.717, 1.165) is 4.90 Å². The van der Waals surface area contributed by atoms with Crippen LogP contribution in [0.3, 0.4) is 0 Å². The summed E-state index contributed by atoms with van der Waals surface area (Å²) >= 11 is 1.65. The van der Waals surface area contributed by atoms with Gasteiger partial charge in [0.25, 0.3) is 0 Å². The fraction of sp³-hybridized carbons (Fsp3) is 1.00. The number of rotatable bonds is 2. The molecule has 0 aromatic heterocycles. The van der Waals surface area contributed by atoms with E-state index in [9.17, 15) is 21.6 Å². The van der Waals surface area contributed by atoms with E-state index in [4.69, 9.17) is 5.14 Å². The van der Waals surface area contributed by atoms with Crippen molar-refractivity contribution in [2.75, 3.05) is 13.1 Å². The van der Waals surface area contributed by atoms with E-state index >= 15 is 0 Å². The monoisotopic (exact) mass is 344 g/mol. The SMILES string of the molecule is NS(=O)(=O)C1CN(CC(F)(F)F)C1I. The number of hydrogen-bond donors (Lipinski definition) is 1. The number of likely N-dealkylation sites (tertiary alicyclic amines) is 1. The van der Waals surface area contributed by atoms with Gasteiger partial charge in [0.15, 0.2) is 0 Å². The zero-order chi connectivity index (χ0) is 11.1. The highest BCUT2D eigenvalue weighted by atomic mass is 127. The second-order valence-electron chi connectivity index (χ2n) is 3.04. The summed E-state index contributed by atoms with van der Waals surface area (Å²) in [7, 11) is -3.72. The molecular weight excluding hydrogens is 336 g/mol. The molecule has 0 bridgehead atoms. The first kappa shape index (κ1) is 12.5. The van der Waals surface area contributed by atoms with Gasteiger partial charge in [-0.05, 0) is 0 Å². The van der Waals surface area contributed by atoms with Crippen molar-refractivity contribution < 1.29 is 21.6 Å². The minimum atomic E-state index is -4.30. The van der Waals surface area contributed by atoms with Crippen molar-refractivity contribution in [1.29, 1.82) is 0 Å². The maximum atomic E-state index is 11.9. The van der Waals surface area contributed by atoms with Crippen molar-refractivity contribution in [2.45, 2.75) is 15.5 Å². The first-order valence-electron chi connectivity index (χ1n) is 3.58. The second kappa shape index (κ2) is 3.76. The van der Waals surface area contributed by atoms with Crippen molar-refractivity contribution >= 4 is 32.6 Å². The van der Waals surface area contributed by atoms with E-state index in [0.29, 0.717) is 0 Å². The van der Waals surface area contributed by atoms with Gasteiger partial charge in [-0.3, -0.25) is 4.90 Å². The lowest BCUT2D eigenvalue weighted by atomic mass is 10.2. The van der Waals surface area contributed by atoms with Crippen molar-refractivity contribution in [3.63, 3.8) is 0 Å². The topological polar surface area (TPSA) is 63.4 Å². The van der Waals surface area contributed by atoms with Gasteiger partial charge in [-0.25, -0.2) is 13.6 Å². The van der Waals surface area contributed by atoms with Crippen LogP contribution in [0.1, 0.15) is 0 Å². The number of alkyl halides is 4. The molecule has 2 unspecified atom stereocenters. The standard InChI is InChI=1S/C5H8F3IN2O2S/c6-5(7,8)2-11-1-3(4(11)9)14(10,12)13/h3-4H,1-2H2,(H2,10,12,13). The molecule has 0 aliphatic carbocycles. The third-order valence-electron chi connectivity index (χ3n) is 1.87. The molecule has 0 spiro atoms. The highest BCUT2D eigenvalue weighted by Crippen LogP contribution is 2.31. The van der Waals surface area contributed by atoms with Crippen LogP contribution in [0.25, 0.3) is 0 Å². The fourth-order valence-corrected chi connectivity index (χ4v) is 3.92. The lowest BCUT2D eigenvalue weighted by Gasteiger charge is -2.43. The Morgan fingerprint density at radius 2 is 2.00 bits per heavy atom. The summed E-state index contributed by atoms with van der Waals surface area (Å²) in [4.78, 5) is 1.02. The highest BCUT2D eigenvalue weighted by Gasteiger charge is 2.47. The van der Waals surface area contributed by atoms with Gasteiger partial charge in [0, 0.05) is 6.54 Å². The average Bonchev–Trinajstić information content (AvgIpc) is 1.92. The van der Waals surface area contributed by atoms with Crippen LogP contribution in [0.2, 0.25) is 0 Å². The molecular formula is C5H8F3IN2O2S. The Labute approximate surface area is 92.8 Å². The Morgan fingerprint density at radius 3 is 2.29 bits per heavy atom. The van der Waals surface area contributed by atoms with Crippen LogP contribution in [0.5, 0.6) is 0 Å². The Morgan fingerprint density at radius 1 is 1.50 bits per heavy atom. The van der Waals surface area contributed by atoms with Crippen molar-refractivity contribution in [3.05, 3.63) is 0 Å². The highest BCUT2D eigenvalue weighted by molar-refractivity contribution is 14.1. The molecule has 9 heteroatoms. The van der Waals surface area contributed by atoms with Gasteiger partial charge in [0.2, 0.25) is 10.0 Å². The molecule has 14 heavy (non-hydrogen) atoms. The Hall–Kier alpha value is 0.390. The van der Waals surface area contributed by atoms with E-state index < -0.39 is 32.0 Å². The predicted octanol–water partition coefficient (Wildman–Crippen LogP) is 0.283. The van der Waals surface area contributed by atoms with Gasteiger partial charge in [0.05, 0.1) is 10.6 Å². The number of sulfonamides is 1. The number of primary sulfonamides is 1. The normalized spacial score (nSPS) is 30.1. The lowest BCUT2D eigenvalue weighted by molar-refractivity contribution is -0.153. The van der Waals surface area contributed by atoms with Crippen LogP contribution in [0, 0.1) is 0 Å². The van der Waals surface area contributed by atoms with Gasteiger partial charge < -0.3 is 0 Å². The zero-order valence-electron chi connectivity index (χ0n) is 6.83. The minimum absolute atomic E-state index is 0.147. The Balaban J connectivity index is 2.53. The zero-order valence-corrected chi connectivity index (χ0v) is 9.80. The van der Waals surface area contributed by atoms with Crippen molar-refractivity contribution in [2.24, 2.45) is 5.14 Å². The summed E-state index contributed by atoms with van der Waals surface area (Å²) in [6, 6.07) is 0. The Bertz CT molecular complexity index is 317. The summed E-state index contributed by atoms with van der Waals surface area (Å²) in [5.41, 5.74) is 0. The molecule has 2 N–H and O–H groups in total. The van der Waals surface area contributed by atoms with Gasteiger partial charge in [0.1, 0.15) is 5.25 Å². The van der Waals surface area contributed by atoms with Gasteiger partial charge in [-0.1, -0.05) is 22.6 Å². The first-order valence-corrected chi connectivity index (χ1v) is 6.43. The molecule has 0 aromatic rings. The molecule has 1 fully saturated rings. The number of nitrogens with zero attached hydrogens (tertiary/aromatic N) is 1. The summed E-state index contributed by atoms with van der Waals surface area (Å²) in [5.74, 6) is 0. The van der Waals surface area contributed by atoms with E-state index in [1.54, 1.807) is 22.6 Å². The molecule has 0 aromatic carbocycles. The van der Waals surface area contributed by atoms with Crippen LogP contribution < -0.4 is 5.14 Å². The van der Waals surface area contributed by atoms with E-state index in [2.05, 4.69) is 0 Å². The van der Waals surface area contributed by atoms with Crippen LogP contribution in [-0.4, -0.2) is 41.9 Å². The lowest BCUT2D eigenvalue weighted by Crippen LogP contribution is -2.63. The molecule has 1 aliphatic rings. The maximum absolute atomic E-state index is 11.9. The molecule has 1 saturated heterocycles. The quantitative estimate of drug-likeness (QED) is 0.445. The van der Waals surface area contributed by atoms with Crippen LogP contribution in [-0.2, 0) is 10.0 Å². The molecule has 1 aliphatic heterocycles. The molecule has 1 rings (SSSR count). The van der Waals surface area contributed by atoms with Crippen LogP contribution in [0.15, 0.2) is 0 Å². The number of hydrogen-bond acceptors (Lipinski definition) is 3. The number of halogens is 4. The van der Waals surface area contributed by atoms with Crippen molar-refractivity contribution in [1.82, 2.24) is 4.90 Å². The molecule has 84 valence electrons. The summed E-state index contributed by atoms with van der Waals surface area (Å²) in [6.45, 7) is -1.24. The summed E-state index contributed by atoms with van der Waals surface area (Å²) < 4.78 is 56.6. The van der Waals surface area contributed by atoms with Crippen LogP contribution >= 0.6 is 22.6 Å². The first-order chi connectivity index (χ1) is 6.11. The summed E-state index contributed by atoms with van der Waals surface area (Å²) in [6.07, 6.45) is -4.30. The van der Waals surface area contributed by atoms with Crippen LogP contribution in [0.4, 0.5) is 13.2 Å². The molecule has 1 heterocycles. The van der Waals surface area contributed by atoms with Gasteiger partial charge >= 0.3 is 6.18 Å². The van der Waals surface area contributed by atoms with E-state index in [-0.39, 0.29) is 6.54 Å². The minimum Gasteiger partial charge on any atom is -0.280 e. The van der Waals surface area contributed by atoms with Gasteiger partial charge in [-0.2, -0.15) is 13.2 Å².